The van der Waals surface area contributed by atoms with Gasteiger partial charge in [0.15, 0.2) is 0 Å². The molecule has 2 aliphatic heterocycles. The van der Waals surface area contributed by atoms with E-state index >= 15 is 0 Å². The molecular weight excluding hydrogens is 268 g/mol. The molecule has 1 N–H and O–H groups in total. The van der Waals surface area contributed by atoms with Crippen LogP contribution < -0.4 is 5.32 Å². The number of rotatable bonds is 5. The fourth-order valence-electron chi connectivity index (χ4n) is 3.14. The first-order chi connectivity index (χ1) is 9.99. The molecule has 2 rings (SSSR count). The Balaban J connectivity index is 1.94. The number of hydrogen-bond donors (Lipinski definition) is 1. The molecule has 0 saturated carbocycles. The quantitative estimate of drug-likeness (QED) is 0.840. The van der Waals surface area contributed by atoms with Crippen LogP contribution in [0.3, 0.4) is 0 Å². The highest BCUT2D eigenvalue weighted by Gasteiger charge is 2.38. The summed E-state index contributed by atoms with van der Waals surface area (Å²) in [5.74, 6) is 0.410. The minimum absolute atomic E-state index is 0.0372. The highest BCUT2D eigenvalue weighted by molar-refractivity contribution is 5.96. The van der Waals surface area contributed by atoms with E-state index in [1.807, 2.05) is 0 Å². The number of nitrogens with one attached hydrogen (secondary N) is 1. The van der Waals surface area contributed by atoms with Gasteiger partial charge < -0.3 is 15.0 Å². The van der Waals surface area contributed by atoms with Crippen molar-refractivity contribution < 1.29 is 14.3 Å². The van der Waals surface area contributed by atoms with E-state index in [0.29, 0.717) is 18.9 Å². The predicted molar refractivity (Wildman–Crippen MR) is 80.8 cm³/mol. The summed E-state index contributed by atoms with van der Waals surface area (Å²) in [6.45, 7) is 7.38. The second-order valence-corrected chi connectivity index (χ2v) is 6.68. The molecule has 5 heteroatoms. The zero-order chi connectivity index (χ0) is 15.4. The van der Waals surface area contributed by atoms with Gasteiger partial charge in [-0.05, 0) is 44.9 Å². The average Bonchev–Trinajstić information content (AvgIpc) is 2.45. The third-order valence-corrected chi connectivity index (χ3v) is 4.42. The van der Waals surface area contributed by atoms with Gasteiger partial charge in [0.05, 0.1) is 6.10 Å². The lowest BCUT2D eigenvalue weighted by Gasteiger charge is -2.38. The van der Waals surface area contributed by atoms with Crippen LogP contribution in [-0.2, 0) is 14.3 Å². The monoisotopic (exact) mass is 296 g/mol. The molecule has 0 spiro atoms. The van der Waals surface area contributed by atoms with E-state index in [2.05, 4.69) is 19.2 Å². The van der Waals surface area contributed by atoms with Crippen molar-refractivity contribution in [1.29, 1.82) is 0 Å². The summed E-state index contributed by atoms with van der Waals surface area (Å²) in [7, 11) is 0. The lowest BCUT2D eigenvalue weighted by molar-refractivity contribution is -0.149. The Morgan fingerprint density at radius 2 is 2.10 bits per heavy atom. The minimum atomic E-state index is -0.371. The lowest BCUT2D eigenvalue weighted by Crippen LogP contribution is -2.62. The molecule has 0 aromatic carbocycles. The number of carbonyl (C=O) groups is 2. The Morgan fingerprint density at radius 1 is 1.33 bits per heavy atom. The van der Waals surface area contributed by atoms with Gasteiger partial charge in [-0.25, -0.2) is 0 Å². The molecule has 3 unspecified atom stereocenters. The molecule has 21 heavy (non-hydrogen) atoms. The van der Waals surface area contributed by atoms with E-state index < -0.39 is 0 Å². The van der Waals surface area contributed by atoms with E-state index in [4.69, 9.17) is 4.74 Å². The first-order valence-corrected chi connectivity index (χ1v) is 8.21. The van der Waals surface area contributed by atoms with E-state index in [1.54, 1.807) is 11.8 Å². The molecule has 2 saturated heterocycles. The van der Waals surface area contributed by atoms with Crippen molar-refractivity contribution in [3.05, 3.63) is 0 Å². The molecule has 0 aliphatic carbocycles. The second-order valence-electron chi connectivity index (χ2n) is 6.68. The Hall–Kier alpha value is -1.10. The number of nitrogens with zero attached hydrogens (tertiary/aromatic N) is 1. The third-order valence-electron chi connectivity index (χ3n) is 4.42. The van der Waals surface area contributed by atoms with Gasteiger partial charge in [-0.3, -0.25) is 9.59 Å². The molecule has 2 amide bonds. The van der Waals surface area contributed by atoms with Gasteiger partial charge in [0, 0.05) is 13.2 Å². The first kappa shape index (κ1) is 16.3. The van der Waals surface area contributed by atoms with E-state index in [-0.39, 0.29) is 30.0 Å². The van der Waals surface area contributed by atoms with Crippen molar-refractivity contribution in [3.63, 3.8) is 0 Å². The van der Waals surface area contributed by atoms with Crippen LogP contribution in [-0.4, -0.2) is 48.1 Å². The second kappa shape index (κ2) is 7.25. The van der Waals surface area contributed by atoms with Gasteiger partial charge in [0.1, 0.15) is 12.1 Å². The number of ether oxygens (including phenoxy) is 1. The van der Waals surface area contributed by atoms with Crippen LogP contribution in [0.4, 0.5) is 0 Å². The molecule has 5 nitrogen and oxygen atoms in total. The smallest absolute Gasteiger partial charge is 0.245 e. The van der Waals surface area contributed by atoms with Crippen molar-refractivity contribution in [2.75, 3.05) is 13.2 Å². The summed E-state index contributed by atoms with van der Waals surface area (Å²) >= 11 is 0. The molecule has 120 valence electrons. The van der Waals surface area contributed by atoms with Gasteiger partial charge in [-0.1, -0.05) is 13.8 Å². The van der Waals surface area contributed by atoms with Crippen LogP contribution in [0.1, 0.15) is 52.9 Å². The van der Waals surface area contributed by atoms with Crippen LogP contribution in [0.15, 0.2) is 0 Å². The maximum Gasteiger partial charge on any atom is 0.245 e. The molecule has 0 aromatic rings. The average molecular weight is 296 g/mol. The molecule has 3 atom stereocenters. The molecule has 0 radical (unpaired) electrons. The molecule has 2 fully saturated rings. The summed E-state index contributed by atoms with van der Waals surface area (Å²) < 4.78 is 5.72. The number of piperazine rings is 1. The first-order valence-electron chi connectivity index (χ1n) is 8.21. The normalized spacial score (nSPS) is 30.7. The largest absolute Gasteiger partial charge is 0.378 e. The van der Waals surface area contributed by atoms with Crippen LogP contribution in [0.2, 0.25) is 0 Å². The van der Waals surface area contributed by atoms with E-state index in [9.17, 15) is 9.59 Å². The van der Waals surface area contributed by atoms with Gasteiger partial charge in [-0.15, -0.1) is 0 Å². The molecule has 0 bridgehead atoms. The van der Waals surface area contributed by atoms with Crippen molar-refractivity contribution in [1.82, 2.24) is 10.2 Å². The summed E-state index contributed by atoms with van der Waals surface area (Å²) in [4.78, 5) is 26.4. The number of carbonyl (C=O) groups excluding carboxylic acids is 2. The topological polar surface area (TPSA) is 58.6 Å². The molecule has 2 heterocycles. The van der Waals surface area contributed by atoms with Crippen molar-refractivity contribution in [2.24, 2.45) is 5.92 Å². The third kappa shape index (κ3) is 4.19. The molecule has 2 aliphatic rings. The van der Waals surface area contributed by atoms with Crippen LogP contribution in [0.5, 0.6) is 0 Å². The van der Waals surface area contributed by atoms with Gasteiger partial charge in [0.2, 0.25) is 11.8 Å². The SMILES string of the molecule is CC(C)CC1NC(=O)C(C)N(CCC2CCCCO2)C1=O. The predicted octanol–water partition coefficient (Wildman–Crippen LogP) is 1.71. The molecule has 0 aromatic heterocycles. The number of amides is 2. The fraction of sp³-hybridized carbons (Fsp3) is 0.875. The Kier molecular flexibility index (Phi) is 5.62. The van der Waals surface area contributed by atoms with Crippen LogP contribution in [0.25, 0.3) is 0 Å². The fourth-order valence-corrected chi connectivity index (χ4v) is 3.14. The molecular formula is C16H28N2O3. The summed E-state index contributed by atoms with van der Waals surface area (Å²) in [6, 6.07) is -0.731. The van der Waals surface area contributed by atoms with E-state index in [1.165, 1.54) is 6.42 Å². The minimum Gasteiger partial charge on any atom is -0.378 e. The maximum atomic E-state index is 12.6. The Bertz CT molecular complexity index is 378. The van der Waals surface area contributed by atoms with Crippen LogP contribution in [0, 0.1) is 5.92 Å². The zero-order valence-corrected chi connectivity index (χ0v) is 13.4. The summed E-state index contributed by atoms with van der Waals surface area (Å²) in [5, 5.41) is 2.85. The van der Waals surface area contributed by atoms with Gasteiger partial charge >= 0.3 is 0 Å². The lowest BCUT2D eigenvalue weighted by atomic mass is 9.98. The van der Waals surface area contributed by atoms with E-state index in [0.717, 1.165) is 25.9 Å². The summed E-state index contributed by atoms with van der Waals surface area (Å²) in [6.07, 6.45) is 5.18. The highest BCUT2D eigenvalue weighted by Crippen LogP contribution is 2.19. The van der Waals surface area contributed by atoms with Crippen molar-refractivity contribution in [3.8, 4) is 0 Å². The summed E-state index contributed by atoms with van der Waals surface area (Å²) in [5.41, 5.74) is 0. The standard InChI is InChI=1S/C16H28N2O3/c1-11(2)10-14-16(20)18(12(3)15(19)17-14)8-7-13-6-4-5-9-21-13/h11-14H,4-10H2,1-3H3,(H,17,19). The van der Waals surface area contributed by atoms with Gasteiger partial charge in [-0.2, -0.15) is 0 Å². The Morgan fingerprint density at radius 3 is 2.71 bits per heavy atom. The van der Waals surface area contributed by atoms with Crippen LogP contribution >= 0.6 is 0 Å². The highest BCUT2D eigenvalue weighted by atomic mass is 16.5. The zero-order valence-electron chi connectivity index (χ0n) is 13.4. The van der Waals surface area contributed by atoms with Crippen molar-refractivity contribution in [2.45, 2.75) is 71.1 Å². The van der Waals surface area contributed by atoms with Crippen molar-refractivity contribution >= 4 is 11.8 Å². The maximum absolute atomic E-state index is 12.6. The number of hydrogen-bond acceptors (Lipinski definition) is 3. The Labute approximate surface area is 127 Å². The van der Waals surface area contributed by atoms with Gasteiger partial charge in [0.25, 0.3) is 0 Å².